The molecule has 0 atom stereocenters. The molecule has 0 saturated carbocycles. The summed E-state index contributed by atoms with van der Waals surface area (Å²) in [4.78, 5) is 16.3. The van der Waals surface area contributed by atoms with Crippen LogP contribution in [0.5, 0.6) is 0 Å². The number of hydrogen-bond donors (Lipinski definition) is 0. The molecule has 0 aliphatic carbocycles. The molecule has 0 fully saturated rings. The van der Waals surface area contributed by atoms with Gasteiger partial charge < -0.3 is 0 Å². The Kier molecular flexibility index (Phi) is 3.29. The van der Waals surface area contributed by atoms with Gasteiger partial charge in [-0.05, 0) is 40.2 Å². The summed E-state index contributed by atoms with van der Waals surface area (Å²) in [5, 5.41) is 0. The smallest absolute Gasteiger partial charge is 0.229 e. The Morgan fingerprint density at radius 3 is 2.52 bits per heavy atom. The van der Waals surface area contributed by atoms with E-state index in [1.807, 2.05) is 0 Å². The van der Waals surface area contributed by atoms with Gasteiger partial charge in [-0.1, -0.05) is 0 Å². The largest absolute Gasteiger partial charge is 0.296 e. The van der Waals surface area contributed by atoms with E-state index in [4.69, 9.17) is 0 Å². The van der Waals surface area contributed by atoms with Gasteiger partial charge in [0.1, 0.15) is 0 Å². The Bertz CT molecular complexity index is 853. The summed E-state index contributed by atoms with van der Waals surface area (Å²) >= 11 is 3.31. The number of nitrogens with zero attached hydrogens (tertiary/aromatic N) is 2. The van der Waals surface area contributed by atoms with Gasteiger partial charge in [-0.3, -0.25) is 9.20 Å². The molecular weight excluding hydrogens is 349 g/mol. The highest BCUT2D eigenvalue weighted by atomic mass is 79.9. The van der Waals surface area contributed by atoms with Gasteiger partial charge in [0.25, 0.3) is 0 Å². The van der Waals surface area contributed by atoms with Gasteiger partial charge in [0.15, 0.2) is 23.3 Å². The van der Waals surface area contributed by atoms with Crippen molar-refractivity contribution in [3.63, 3.8) is 0 Å². The number of imidazole rings is 1. The zero-order chi connectivity index (χ0) is 15.1. The molecule has 3 rings (SSSR count). The minimum Gasteiger partial charge on any atom is -0.296 e. The van der Waals surface area contributed by atoms with E-state index in [9.17, 15) is 18.0 Å². The van der Waals surface area contributed by atoms with Crippen molar-refractivity contribution >= 4 is 27.2 Å². The summed E-state index contributed by atoms with van der Waals surface area (Å²) in [6.45, 7) is 0. The van der Waals surface area contributed by atoms with Crippen LogP contribution in [0.3, 0.4) is 0 Å². The fraction of sp³-hybridized carbons (Fsp3) is 0. The molecule has 1 aromatic carbocycles. The minimum atomic E-state index is -1.61. The first-order valence-corrected chi connectivity index (χ1v) is 6.59. The average Bonchev–Trinajstić information content (AvgIpc) is 2.89. The molecule has 3 nitrogen and oxygen atoms in total. The maximum Gasteiger partial charge on any atom is 0.229 e. The maximum absolute atomic E-state index is 13.2. The van der Waals surface area contributed by atoms with Crippen LogP contribution in [0.2, 0.25) is 0 Å². The van der Waals surface area contributed by atoms with Gasteiger partial charge in [-0.2, -0.15) is 0 Å². The van der Waals surface area contributed by atoms with Gasteiger partial charge in [-0.25, -0.2) is 18.2 Å². The predicted octanol–water partition coefficient (Wildman–Crippen LogP) is 3.75. The first-order chi connectivity index (χ1) is 9.99. The van der Waals surface area contributed by atoms with Gasteiger partial charge in [0.2, 0.25) is 5.78 Å². The number of fused-ring (bicyclic) bond motifs is 1. The molecule has 0 unspecified atom stereocenters. The highest BCUT2D eigenvalue weighted by Crippen LogP contribution is 2.21. The third kappa shape index (κ3) is 2.23. The molecular formula is C14H6BrF3N2O. The number of benzene rings is 1. The van der Waals surface area contributed by atoms with Crippen LogP contribution < -0.4 is 0 Å². The Balaban J connectivity index is 2.15. The van der Waals surface area contributed by atoms with Crippen LogP contribution in [-0.2, 0) is 0 Å². The Morgan fingerprint density at radius 2 is 1.86 bits per heavy atom. The van der Waals surface area contributed by atoms with Gasteiger partial charge in [0.05, 0.1) is 11.7 Å². The molecule has 0 aliphatic heterocycles. The first kappa shape index (κ1) is 13.8. The molecule has 0 bridgehead atoms. The molecule has 2 heterocycles. The van der Waals surface area contributed by atoms with Gasteiger partial charge in [-0.15, -0.1) is 0 Å². The van der Waals surface area contributed by atoms with E-state index in [1.54, 1.807) is 18.3 Å². The van der Waals surface area contributed by atoms with Gasteiger partial charge in [0, 0.05) is 16.2 Å². The lowest BCUT2D eigenvalue weighted by Crippen LogP contribution is -2.09. The highest BCUT2D eigenvalue weighted by Gasteiger charge is 2.20. The molecule has 7 heteroatoms. The highest BCUT2D eigenvalue weighted by molar-refractivity contribution is 9.10. The van der Waals surface area contributed by atoms with Crippen molar-refractivity contribution in [2.45, 2.75) is 0 Å². The molecule has 21 heavy (non-hydrogen) atoms. The van der Waals surface area contributed by atoms with Crippen LogP contribution in [0.15, 0.2) is 41.1 Å². The van der Waals surface area contributed by atoms with Crippen molar-refractivity contribution in [2.75, 3.05) is 0 Å². The van der Waals surface area contributed by atoms with E-state index in [2.05, 4.69) is 20.9 Å². The lowest BCUT2D eigenvalue weighted by molar-refractivity contribution is 0.102. The number of rotatable bonds is 2. The molecule has 0 amide bonds. The number of pyridine rings is 1. The quantitative estimate of drug-likeness (QED) is 0.519. The SMILES string of the molecule is O=C(c1cc(F)c(F)c(F)c1)c1ncc2c(Br)cccn12. The van der Waals surface area contributed by atoms with Crippen LogP contribution in [0.25, 0.3) is 5.52 Å². The number of hydrogen-bond acceptors (Lipinski definition) is 2. The van der Waals surface area contributed by atoms with E-state index in [1.165, 1.54) is 10.6 Å². The van der Waals surface area contributed by atoms with Crippen LogP contribution in [0.4, 0.5) is 13.2 Å². The summed E-state index contributed by atoms with van der Waals surface area (Å²) in [5.41, 5.74) is 0.322. The third-order valence-corrected chi connectivity index (χ3v) is 3.64. The summed E-state index contributed by atoms with van der Waals surface area (Å²) in [6, 6.07) is 4.75. The number of halogens is 4. The van der Waals surface area contributed by atoms with Crippen LogP contribution in [0.1, 0.15) is 16.2 Å². The summed E-state index contributed by atoms with van der Waals surface area (Å²) in [7, 11) is 0. The molecule has 2 aromatic heterocycles. The third-order valence-electron chi connectivity index (χ3n) is 2.97. The number of aromatic nitrogens is 2. The standard InChI is InChI=1S/C14H6BrF3N2O/c15-8-2-1-3-20-11(8)6-19-14(20)13(21)7-4-9(16)12(18)10(17)5-7/h1-6H. The van der Waals surface area contributed by atoms with E-state index >= 15 is 0 Å². The molecule has 3 aromatic rings. The summed E-state index contributed by atoms with van der Waals surface area (Å²) < 4.78 is 41.6. The Morgan fingerprint density at radius 1 is 1.19 bits per heavy atom. The topological polar surface area (TPSA) is 34.4 Å². The van der Waals surface area contributed by atoms with E-state index in [0.717, 1.165) is 0 Å². The van der Waals surface area contributed by atoms with Gasteiger partial charge >= 0.3 is 0 Å². The zero-order valence-corrected chi connectivity index (χ0v) is 11.9. The van der Waals surface area contributed by atoms with Crippen molar-refractivity contribution < 1.29 is 18.0 Å². The second kappa shape index (κ2) is 5.00. The second-order valence-electron chi connectivity index (χ2n) is 4.28. The first-order valence-electron chi connectivity index (χ1n) is 5.80. The van der Waals surface area contributed by atoms with Crippen LogP contribution >= 0.6 is 15.9 Å². The van der Waals surface area contributed by atoms with Crippen molar-refractivity contribution in [2.24, 2.45) is 0 Å². The molecule has 0 radical (unpaired) electrons. The normalized spacial score (nSPS) is 11.0. The van der Waals surface area contributed by atoms with E-state index in [0.29, 0.717) is 22.1 Å². The van der Waals surface area contributed by atoms with Crippen molar-refractivity contribution in [1.82, 2.24) is 9.38 Å². The minimum absolute atomic E-state index is 0.0169. The molecule has 0 spiro atoms. The van der Waals surface area contributed by atoms with Crippen molar-refractivity contribution in [1.29, 1.82) is 0 Å². The summed E-state index contributed by atoms with van der Waals surface area (Å²) in [5.74, 6) is -5.16. The monoisotopic (exact) mass is 354 g/mol. The second-order valence-corrected chi connectivity index (χ2v) is 5.13. The summed E-state index contributed by atoms with van der Waals surface area (Å²) in [6.07, 6.45) is 3.05. The van der Waals surface area contributed by atoms with Crippen LogP contribution in [0, 0.1) is 17.5 Å². The lowest BCUT2D eigenvalue weighted by atomic mass is 10.1. The van der Waals surface area contributed by atoms with E-state index in [-0.39, 0.29) is 11.4 Å². The molecule has 0 N–H and O–H groups in total. The number of carbonyl (C=O) groups excluding carboxylic acids is 1. The van der Waals surface area contributed by atoms with Crippen LogP contribution in [-0.4, -0.2) is 15.2 Å². The molecule has 0 aliphatic rings. The Hall–Kier alpha value is -2.15. The zero-order valence-electron chi connectivity index (χ0n) is 10.3. The fourth-order valence-electron chi connectivity index (χ4n) is 1.97. The average molecular weight is 355 g/mol. The van der Waals surface area contributed by atoms with Crippen molar-refractivity contribution in [3.8, 4) is 0 Å². The lowest BCUT2D eigenvalue weighted by Gasteiger charge is -2.03. The van der Waals surface area contributed by atoms with E-state index < -0.39 is 23.2 Å². The Labute approximate surface area is 125 Å². The predicted molar refractivity (Wildman–Crippen MR) is 72.6 cm³/mol. The maximum atomic E-state index is 13.2. The number of carbonyl (C=O) groups is 1. The molecule has 106 valence electrons. The van der Waals surface area contributed by atoms with Crippen molar-refractivity contribution in [3.05, 3.63) is 70.0 Å². The number of ketones is 1. The molecule has 0 saturated heterocycles. The fourth-order valence-corrected chi connectivity index (χ4v) is 2.42.